The molecule has 0 aromatic rings. The molecule has 2 heterocycles. The SMILES string of the molecule is NC(=O)CCC(NC(=O)CNC(=O)C1CCCN1C(=O)C1CCCN1)C(=O)O. The Labute approximate surface area is 162 Å². The number of amides is 4. The monoisotopic (exact) mass is 397 g/mol. The normalized spacial score (nSPS) is 22.5. The zero-order valence-electron chi connectivity index (χ0n) is 15.6. The molecular weight excluding hydrogens is 370 g/mol. The highest BCUT2D eigenvalue weighted by Gasteiger charge is 2.37. The van der Waals surface area contributed by atoms with Gasteiger partial charge in [0, 0.05) is 13.0 Å². The fourth-order valence-corrected chi connectivity index (χ4v) is 3.47. The molecule has 0 aromatic carbocycles. The van der Waals surface area contributed by atoms with Crippen molar-refractivity contribution in [3.63, 3.8) is 0 Å². The molecule has 0 saturated carbocycles. The fraction of sp³-hybridized carbons (Fsp3) is 0.706. The van der Waals surface area contributed by atoms with E-state index < -0.39 is 42.3 Å². The van der Waals surface area contributed by atoms with E-state index in [1.54, 1.807) is 4.90 Å². The number of hydrogen-bond acceptors (Lipinski definition) is 6. The largest absolute Gasteiger partial charge is 0.480 e. The molecule has 28 heavy (non-hydrogen) atoms. The van der Waals surface area contributed by atoms with Crippen LogP contribution in [0.3, 0.4) is 0 Å². The van der Waals surface area contributed by atoms with E-state index in [1.165, 1.54) is 0 Å². The minimum absolute atomic E-state index is 0.100. The lowest BCUT2D eigenvalue weighted by Gasteiger charge is -2.26. The van der Waals surface area contributed by atoms with E-state index in [0.29, 0.717) is 19.4 Å². The van der Waals surface area contributed by atoms with Gasteiger partial charge in [0.15, 0.2) is 0 Å². The number of likely N-dealkylation sites (tertiary alicyclic amines) is 1. The zero-order valence-corrected chi connectivity index (χ0v) is 15.6. The molecule has 156 valence electrons. The van der Waals surface area contributed by atoms with Crippen LogP contribution in [0.2, 0.25) is 0 Å². The number of carboxylic acid groups (broad SMARTS) is 1. The Kier molecular flexibility index (Phi) is 7.73. The van der Waals surface area contributed by atoms with E-state index in [-0.39, 0.29) is 24.8 Å². The highest BCUT2D eigenvalue weighted by Crippen LogP contribution is 2.20. The topological polar surface area (TPSA) is 171 Å². The quantitative estimate of drug-likeness (QED) is 0.291. The molecule has 2 rings (SSSR count). The lowest BCUT2D eigenvalue weighted by atomic mass is 10.1. The first-order chi connectivity index (χ1) is 13.3. The average Bonchev–Trinajstić information content (AvgIpc) is 3.33. The Morgan fingerprint density at radius 2 is 1.93 bits per heavy atom. The van der Waals surface area contributed by atoms with Crippen molar-refractivity contribution in [3.05, 3.63) is 0 Å². The second kappa shape index (κ2) is 10.0. The maximum atomic E-state index is 12.5. The van der Waals surface area contributed by atoms with Gasteiger partial charge in [-0.15, -0.1) is 0 Å². The van der Waals surface area contributed by atoms with Gasteiger partial charge in [-0.05, 0) is 38.6 Å². The van der Waals surface area contributed by atoms with Crippen molar-refractivity contribution in [3.8, 4) is 0 Å². The number of nitrogens with zero attached hydrogens (tertiary/aromatic N) is 1. The molecule has 4 amide bonds. The van der Waals surface area contributed by atoms with Crippen molar-refractivity contribution >= 4 is 29.6 Å². The minimum atomic E-state index is -1.29. The van der Waals surface area contributed by atoms with Gasteiger partial charge in [0.1, 0.15) is 12.1 Å². The van der Waals surface area contributed by atoms with E-state index in [2.05, 4.69) is 16.0 Å². The summed E-state index contributed by atoms with van der Waals surface area (Å²) in [6.45, 7) is 0.858. The van der Waals surface area contributed by atoms with Crippen LogP contribution < -0.4 is 21.7 Å². The van der Waals surface area contributed by atoms with Crippen LogP contribution in [0, 0.1) is 0 Å². The smallest absolute Gasteiger partial charge is 0.326 e. The van der Waals surface area contributed by atoms with Crippen LogP contribution in [0.5, 0.6) is 0 Å². The minimum Gasteiger partial charge on any atom is -0.480 e. The number of carbonyl (C=O) groups is 5. The summed E-state index contributed by atoms with van der Waals surface area (Å²) in [7, 11) is 0. The first-order valence-electron chi connectivity index (χ1n) is 9.41. The van der Waals surface area contributed by atoms with Gasteiger partial charge < -0.3 is 31.7 Å². The zero-order chi connectivity index (χ0) is 20.7. The van der Waals surface area contributed by atoms with Crippen molar-refractivity contribution in [2.24, 2.45) is 5.73 Å². The molecule has 6 N–H and O–H groups in total. The third-order valence-corrected chi connectivity index (χ3v) is 4.93. The highest BCUT2D eigenvalue weighted by atomic mass is 16.4. The van der Waals surface area contributed by atoms with Crippen LogP contribution in [-0.2, 0) is 24.0 Å². The molecule has 2 aliphatic heterocycles. The van der Waals surface area contributed by atoms with E-state index in [9.17, 15) is 24.0 Å². The summed E-state index contributed by atoms with van der Waals surface area (Å²) in [4.78, 5) is 60.4. The van der Waals surface area contributed by atoms with Crippen molar-refractivity contribution < 1.29 is 29.1 Å². The highest BCUT2D eigenvalue weighted by molar-refractivity contribution is 5.93. The number of carboxylic acids is 1. The number of nitrogens with one attached hydrogen (secondary N) is 3. The van der Waals surface area contributed by atoms with E-state index >= 15 is 0 Å². The second-order valence-electron chi connectivity index (χ2n) is 7.02. The van der Waals surface area contributed by atoms with Gasteiger partial charge in [-0.1, -0.05) is 0 Å². The molecule has 11 heteroatoms. The molecule has 3 atom stereocenters. The summed E-state index contributed by atoms with van der Waals surface area (Å²) in [5.41, 5.74) is 4.98. The summed E-state index contributed by atoms with van der Waals surface area (Å²) in [6.07, 6.45) is 2.57. The number of aliphatic carboxylic acids is 1. The number of primary amides is 1. The summed E-state index contributed by atoms with van der Waals surface area (Å²) in [5.74, 6) is -3.20. The maximum absolute atomic E-state index is 12.5. The average molecular weight is 397 g/mol. The molecule has 0 spiro atoms. The number of nitrogens with two attached hydrogens (primary N) is 1. The first kappa shape index (κ1) is 21.6. The van der Waals surface area contributed by atoms with E-state index in [4.69, 9.17) is 10.8 Å². The lowest BCUT2D eigenvalue weighted by Crippen LogP contribution is -2.52. The molecule has 2 fully saturated rings. The summed E-state index contributed by atoms with van der Waals surface area (Å²) in [5, 5.41) is 16.9. The molecule has 0 aliphatic carbocycles. The first-order valence-corrected chi connectivity index (χ1v) is 9.41. The lowest BCUT2D eigenvalue weighted by molar-refractivity contribution is -0.142. The number of rotatable bonds is 9. The van der Waals surface area contributed by atoms with Gasteiger partial charge in [-0.2, -0.15) is 0 Å². The standard InChI is InChI=1S/C17H27N5O6/c18-13(23)6-5-11(17(27)28)21-14(24)9-20-15(25)12-4-2-8-22(12)16(26)10-3-1-7-19-10/h10-12,19H,1-9H2,(H2,18,23)(H,20,25)(H,21,24)(H,27,28). The van der Waals surface area contributed by atoms with Gasteiger partial charge in [-0.25, -0.2) is 4.79 Å². The van der Waals surface area contributed by atoms with Crippen LogP contribution in [0.25, 0.3) is 0 Å². The van der Waals surface area contributed by atoms with Crippen LogP contribution in [-0.4, -0.2) is 77.4 Å². The predicted octanol–water partition coefficient (Wildman–Crippen LogP) is -2.32. The third-order valence-electron chi connectivity index (χ3n) is 4.93. The third kappa shape index (κ3) is 5.91. The Morgan fingerprint density at radius 1 is 1.18 bits per heavy atom. The van der Waals surface area contributed by atoms with Crippen molar-refractivity contribution in [1.29, 1.82) is 0 Å². The van der Waals surface area contributed by atoms with Crippen LogP contribution >= 0.6 is 0 Å². The maximum Gasteiger partial charge on any atom is 0.326 e. The van der Waals surface area contributed by atoms with Crippen LogP contribution in [0.1, 0.15) is 38.5 Å². The Balaban J connectivity index is 1.82. The fourth-order valence-electron chi connectivity index (χ4n) is 3.47. The Bertz CT molecular complexity index is 634. The molecule has 0 bridgehead atoms. The van der Waals surface area contributed by atoms with Gasteiger partial charge in [0.25, 0.3) is 0 Å². The van der Waals surface area contributed by atoms with Crippen molar-refractivity contribution in [2.45, 2.75) is 56.7 Å². The van der Waals surface area contributed by atoms with Gasteiger partial charge >= 0.3 is 5.97 Å². The van der Waals surface area contributed by atoms with E-state index in [0.717, 1.165) is 19.4 Å². The van der Waals surface area contributed by atoms with Gasteiger partial charge in [-0.3, -0.25) is 19.2 Å². The summed E-state index contributed by atoms with van der Waals surface area (Å²) in [6, 6.07) is -2.17. The van der Waals surface area contributed by atoms with Crippen molar-refractivity contribution in [2.75, 3.05) is 19.6 Å². The molecular formula is C17H27N5O6. The molecule has 2 saturated heterocycles. The Morgan fingerprint density at radius 3 is 2.54 bits per heavy atom. The van der Waals surface area contributed by atoms with Gasteiger partial charge in [0.2, 0.25) is 23.6 Å². The van der Waals surface area contributed by atoms with Crippen LogP contribution in [0.15, 0.2) is 0 Å². The molecule has 0 aromatic heterocycles. The molecule has 3 unspecified atom stereocenters. The van der Waals surface area contributed by atoms with E-state index in [1.807, 2.05) is 0 Å². The van der Waals surface area contributed by atoms with Crippen molar-refractivity contribution in [1.82, 2.24) is 20.9 Å². The van der Waals surface area contributed by atoms with Crippen LogP contribution in [0.4, 0.5) is 0 Å². The number of hydrogen-bond donors (Lipinski definition) is 5. The predicted molar refractivity (Wildman–Crippen MR) is 96.8 cm³/mol. The number of carbonyl (C=O) groups excluding carboxylic acids is 4. The Hall–Kier alpha value is -2.69. The summed E-state index contributed by atoms with van der Waals surface area (Å²) >= 11 is 0. The van der Waals surface area contributed by atoms with Gasteiger partial charge in [0.05, 0.1) is 12.6 Å². The molecule has 11 nitrogen and oxygen atoms in total. The second-order valence-corrected chi connectivity index (χ2v) is 7.02. The molecule has 0 radical (unpaired) electrons. The summed E-state index contributed by atoms with van der Waals surface area (Å²) < 4.78 is 0. The molecule has 2 aliphatic rings.